The highest BCUT2D eigenvalue weighted by Crippen LogP contribution is 2.62. The summed E-state index contributed by atoms with van der Waals surface area (Å²) in [6, 6.07) is 5.79. The van der Waals surface area contributed by atoms with E-state index in [4.69, 9.17) is 6.42 Å². The molecule has 0 aromatic heterocycles. The fourth-order valence-electron chi connectivity index (χ4n) is 5.90. The molecule has 2 fully saturated rings. The van der Waals surface area contributed by atoms with Gasteiger partial charge in [0.15, 0.2) is 0 Å². The maximum absolute atomic E-state index is 10.2. The molecule has 22 heavy (non-hydrogen) atoms. The highest BCUT2D eigenvalue weighted by Gasteiger charge is 2.55. The summed E-state index contributed by atoms with van der Waals surface area (Å²) in [6.45, 7) is 2.33. The molecule has 2 nitrogen and oxygen atoms in total. The van der Waals surface area contributed by atoms with E-state index in [0.717, 1.165) is 32.1 Å². The number of phenolic OH excluding ortho intramolecular Hbond substituents is 1. The summed E-state index contributed by atoms with van der Waals surface area (Å²) >= 11 is 0. The third-order valence-corrected chi connectivity index (χ3v) is 6.67. The van der Waals surface area contributed by atoms with Gasteiger partial charge in [-0.2, -0.15) is 0 Å². The summed E-state index contributed by atoms with van der Waals surface area (Å²) in [4.78, 5) is 0. The molecule has 0 bridgehead atoms. The average Bonchev–Trinajstić information content (AvgIpc) is 2.79. The van der Waals surface area contributed by atoms with Crippen LogP contribution in [-0.4, -0.2) is 16.3 Å². The summed E-state index contributed by atoms with van der Waals surface area (Å²) in [7, 11) is 0. The number of hydrogen-bond donors (Lipinski definition) is 2. The monoisotopic (exact) mass is 296 g/mol. The van der Waals surface area contributed by atoms with Gasteiger partial charge in [-0.15, -0.1) is 12.3 Å². The third-order valence-electron chi connectivity index (χ3n) is 6.67. The molecule has 0 unspecified atom stereocenters. The van der Waals surface area contributed by atoms with Crippen LogP contribution in [0.3, 0.4) is 0 Å². The van der Waals surface area contributed by atoms with E-state index >= 15 is 0 Å². The Morgan fingerprint density at radius 2 is 2.14 bits per heavy atom. The van der Waals surface area contributed by atoms with Gasteiger partial charge in [0.1, 0.15) is 5.75 Å². The molecule has 116 valence electrons. The molecule has 2 N–H and O–H groups in total. The van der Waals surface area contributed by atoms with Crippen LogP contribution >= 0.6 is 0 Å². The molecule has 0 aliphatic heterocycles. The van der Waals surface area contributed by atoms with Crippen molar-refractivity contribution >= 4 is 0 Å². The number of benzene rings is 1. The van der Waals surface area contributed by atoms with Gasteiger partial charge in [0, 0.05) is 11.8 Å². The van der Waals surface area contributed by atoms with Gasteiger partial charge >= 0.3 is 0 Å². The predicted molar refractivity (Wildman–Crippen MR) is 86.4 cm³/mol. The first-order valence-corrected chi connectivity index (χ1v) is 8.48. The lowest BCUT2D eigenvalue weighted by Gasteiger charge is -2.51. The summed E-state index contributed by atoms with van der Waals surface area (Å²) in [5, 5.41) is 20.0. The van der Waals surface area contributed by atoms with E-state index in [9.17, 15) is 10.2 Å². The van der Waals surface area contributed by atoms with Crippen LogP contribution in [0.4, 0.5) is 0 Å². The van der Waals surface area contributed by atoms with E-state index in [1.165, 1.54) is 11.1 Å². The van der Waals surface area contributed by atoms with Crippen molar-refractivity contribution in [3.63, 3.8) is 0 Å². The number of terminal acetylenes is 1. The first-order chi connectivity index (χ1) is 10.5. The zero-order chi connectivity index (χ0) is 15.5. The number of aromatic hydroxyl groups is 1. The van der Waals surface area contributed by atoms with Gasteiger partial charge < -0.3 is 10.2 Å². The van der Waals surface area contributed by atoms with Crippen molar-refractivity contribution in [2.24, 2.45) is 23.2 Å². The van der Waals surface area contributed by atoms with Crippen molar-refractivity contribution in [1.29, 1.82) is 0 Å². The van der Waals surface area contributed by atoms with E-state index in [0.29, 0.717) is 23.5 Å². The molecule has 6 atom stereocenters. The summed E-state index contributed by atoms with van der Waals surface area (Å²) in [5.41, 5.74) is 2.82. The Morgan fingerprint density at radius 3 is 2.91 bits per heavy atom. The first kappa shape index (κ1) is 14.2. The van der Waals surface area contributed by atoms with E-state index in [2.05, 4.69) is 18.9 Å². The molecule has 0 radical (unpaired) electrons. The SMILES string of the molecule is C#C[C@H]1C[C@]2(C)C[C@@H](O)C[C@H]2[C@@H]2CCc3cc(O)ccc3[C@H]21. The third kappa shape index (κ3) is 1.92. The lowest BCUT2D eigenvalue weighted by molar-refractivity contribution is 0.0361. The Balaban J connectivity index is 1.79. The molecule has 0 amide bonds. The second-order valence-electron chi connectivity index (χ2n) is 7.94. The predicted octanol–water partition coefficient (Wildman–Crippen LogP) is 3.47. The topological polar surface area (TPSA) is 40.5 Å². The molecule has 2 heteroatoms. The van der Waals surface area contributed by atoms with E-state index in [-0.39, 0.29) is 17.4 Å². The Hall–Kier alpha value is -1.46. The van der Waals surface area contributed by atoms with Gasteiger partial charge in [-0.25, -0.2) is 0 Å². The molecule has 3 aliphatic rings. The minimum absolute atomic E-state index is 0.159. The first-order valence-electron chi connectivity index (χ1n) is 8.48. The van der Waals surface area contributed by atoms with Crippen LogP contribution in [0.1, 0.15) is 49.7 Å². The minimum atomic E-state index is -0.159. The number of hydrogen-bond acceptors (Lipinski definition) is 2. The largest absolute Gasteiger partial charge is 0.508 e. The highest BCUT2D eigenvalue weighted by molar-refractivity contribution is 5.41. The average molecular weight is 296 g/mol. The number of aryl methyl sites for hydroxylation is 1. The van der Waals surface area contributed by atoms with Crippen LogP contribution in [0.15, 0.2) is 18.2 Å². The number of aliphatic hydroxyl groups is 1. The zero-order valence-electron chi connectivity index (χ0n) is 13.1. The Kier molecular flexibility index (Phi) is 3.07. The summed E-state index contributed by atoms with van der Waals surface area (Å²) in [6.07, 6.45) is 10.8. The van der Waals surface area contributed by atoms with Crippen LogP contribution < -0.4 is 0 Å². The standard InChI is InChI=1S/C20H24O2/c1-3-12-10-20(2)11-15(22)9-18(20)17-6-4-13-8-14(21)5-7-16(13)19(12)17/h1,5,7-8,12,15,17-19,21-22H,4,6,9-11H2,2H3/t12-,15-,17-,18-,19+,20+/m0/s1. The van der Waals surface area contributed by atoms with Gasteiger partial charge in [0.05, 0.1) is 6.10 Å². The quantitative estimate of drug-likeness (QED) is 0.720. The van der Waals surface area contributed by atoms with Gasteiger partial charge in [-0.1, -0.05) is 13.0 Å². The number of phenols is 1. The van der Waals surface area contributed by atoms with Crippen LogP contribution in [-0.2, 0) is 6.42 Å². The number of aliphatic hydroxyl groups excluding tert-OH is 1. The van der Waals surface area contributed by atoms with Gasteiger partial charge in [0.2, 0.25) is 0 Å². The Morgan fingerprint density at radius 1 is 1.32 bits per heavy atom. The summed E-state index contributed by atoms with van der Waals surface area (Å²) < 4.78 is 0. The maximum Gasteiger partial charge on any atom is 0.115 e. The minimum Gasteiger partial charge on any atom is -0.508 e. The normalized spacial score (nSPS) is 42.9. The lowest BCUT2D eigenvalue weighted by atomic mass is 9.52. The number of fused-ring (bicyclic) bond motifs is 5. The molecule has 1 aromatic carbocycles. The second kappa shape index (κ2) is 4.77. The Bertz CT molecular complexity index is 644. The van der Waals surface area contributed by atoms with Crippen LogP contribution in [0, 0.1) is 35.5 Å². The van der Waals surface area contributed by atoms with Crippen LogP contribution in [0.5, 0.6) is 5.75 Å². The van der Waals surface area contributed by atoms with Crippen molar-refractivity contribution < 1.29 is 10.2 Å². The summed E-state index contributed by atoms with van der Waals surface area (Å²) in [5.74, 6) is 5.23. The fraction of sp³-hybridized carbons (Fsp3) is 0.600. The van der Waals surface area contributed by atoms with Crippen LogP contribution in [0.25, 0.3) is 0 Å². The van der Waals surface area contributed by atoms with Crippen molar-refractivity contribution in [2.75, 3.05) is 0 Å². The molecule has 2 saturated carbocycles. The fourth-order valence-corrected chi connectivity index (χ4v) is 5.90. The van der Waals surface area contributed by atoms with E-state index < -0.39 is 0 Å². The number of rotatable bonds is 0. The van der Waals surface area contributed by atoms with Crippen molar-refractivity contribution in [2.45, 2.75) is 51.0 Å². The highest BCUT2D eigenvalue weighted by atomic mass is 16.3. The molecular formula is C20H24O2. The zero-order valence-corrected chi connectivity index (χ0v) is 13.1. The van der Waals surface area contributed by atoms with E-state index in [1.54, 1.807) is 6.07 Å². The molecule has 0 spiro atoms. The molecule has 0 heterocycles. The van der Waals surface area contributed by atoms with Gasteiger partial charge in [-0.3, -0.25) is 0 Å². The smallest absolute Gasteiger partial charge is 0.115 e. The van der Waals surface area contributed by atoms with Crippen molar-refractivity contribution in [3.8, 4) is 18.1 Å². The van der Waals surface area contributed by atoms with E-state index in [1.807, 2.05) is 6.07 Å². The van der Waals surface area contributed by atoms with Gasteiger partial charge in [0.25, 0.3) is 0 Å². The van der Waals surface area contributed by atoms with Gasteiger partial charge in [-0.05, 0) is 72.6 Å². The van der Waals surface area contributed by atoms with Crippen LogP contribution in [0.2, 0.25) is 0 Å². The lowest BCUT2D eigenvalue weighted by Crippen LogP contribution is -2.43. The second-order valence-corrected chi connectivity index (χ2v) is 7.94. The molecular weight excluding hydrogens is 272 g/mol. The molecule has 1 aromatic rings. The molecule has 0 saturated heterocycles. The van der Waals surface area contributed by atoms with Crippen molar-refractivity contribution in [3.05, 3.63) is 29.3 Å². The van der Waals surface area contributed by atoms with Crippen molar-refractivity contribution in [1.82, 2.24) is 0 Å². The maximum atomic E-state index is 10.2. The molecule has 3 aliphatic carbocycles. The Labute approximate surface area is 132 Å². The molecule has 4 rings (SSSR count).